The zero-order valence-electron chi connectivity index (χ0n) is 18.9. The summed E-state index contributed by atoms with van der Waals surface area (Å²) in [7, 11) is 2.05. The minimum atomic E-state index is -3.90. The summed E-state index contributed by atoms with van der Waals surface area (Å²) in [5.41, 5.74) is 1.31. The molecule has 2 aromatic rings. The number of terminal acetylenes is 2. The first-order valence-corrected chi connectivity index (χ1v) is 11.2. The highest BCUT2D eigenvalue weighted by molar-refractivity contribution is 7.95. The zero-order valence-corrected chi connectivity index (χ0v) is 19.7. The molecule has 0 aromatic heterocycles. The Morgan fingerprint density at radius 1 is 0.909 bits per heavy atom. The summed E-state index contributed by atoms with van der Waals surface area (Å²) in [6.45, 7) is 0.460. The van der Waals surface area contributed by atoms with Crippen LogP contribution >= 0.6 is 0 Å². The summed E-state index contributed by atoms with van der Waals surface area (Å²) < 4.78 is 49.3. The Balaban J connectivity index is 2.39. The highest BCUT2D eigenvalue weighted by Crippen LogP contribution is 2.35. The first-order valence-electron chi connectivity index (χ1n) is 9.63. The molecule has 0 saturated carbocycles. The van der Waals surface area contributed by atoms with Gasteiger partial charge in [-0.25, -0.2) is 8.42 Å². The predicted octanol–water partition coefficient (Wildman–Crippen LogP) is 3.21. The molecule has 33 heavy (non-hydrogen) atoms. The van der Waals surface area contributed by atoms with Gasteiger partial charge in [0.25, 0.3) is 10.0 Å². The van der Waals surface area contributed by atoms with Crippen molar-refractivity contribution >= 4 is 27.5 Å². The Bertz CT molecular complexity index is 1150. The molecule has 0 aliphatic rings. The van der Waals surface area contributed by atoms with Crippen LogP contribution in [0.15, 0.2) is 35.7 Å². The number of methoxy groups -OCH3 is 4. The number of sulfonamides is 1. The van der Waals surface area contributed by atoms with Crippen LogP contribution in [0.5, 0.6) is 23.0 Å². The van der Waals surface area contributed by atoms with E-state index in [4.69, 9.17) is 31.8 Å². The Morgan fingerprint density at radius 3 is 1.97 bits per heavy atom. The van der Waals surface area contributed by atoms with Gasteiger partial charge in [-0.2, -0.15) is 0 Å². The SMILES string of the molecule is C#CCN(CC#C)c1cc(NS(=O)(=O)C=Cc2c(OC)cc(OC)cc2OC)ccc1OC. The van der Waals surface area contributed by atoms with Crippen molar-refractivity contribution in [2.75, 3.05) is 51.2 Å². The van der Waals surface area contributed by atoms with Gasteiger partial charge >= 0.3 is 0 Å². The second-order valence-electron chi connectivity index (χ2n) is 6.55. The molecule has 0 fully saturated rings. The van der Waals surface area contributed by atoms with E-state index in [-0.39, 0.29) is 13.1 Å². The molecule has 8 nitrogen and oxygen atoms in total. The van der Waals surface area contributed by atoms with E-state index in [2.05, 4.69) is 16.6 Å². The molecule has 0 atom stereocenters. The van der Waals surface area contributed by atoms with Crippen LogP contribution in [0.1, 0.15) is 5.56 Å². The van der Waals surface area contributed by atoms with E-state index in [0.717, 1.165) is 5.41 Å². The van der Waals surface area contributed by atoms with Crippen molar-refractivity contribution in [3.05, 3.63) is 41.3 Å². The fourth-order valence-corrected chi connectivity index (χ4v) is 3.84. The molecule has 0 spiro atoms. The summed E-state index contributed by atoms with van der Waals surface area (Å²) in [4.78, 5) is 1.72. The van der Waals surface area contributed by atoms with Crippen LogP contribution in [0.25, 0.3) is 6.08 Å². The minimum Gasteiger partial charge on any atom is -0.496 e. The summed E-state index contributed by atoms with van der Waals surface area (Å²) in [6.07, 6.45) is 12.3. The third-order valence-corrected chi connectivity index (χ3v) is 5.53. The van der Waals surface area contributed by atoms with E-state index in [1.165, 1.54) is 34.5 Å². The van der Waals surface area contributed by atoms with Gasteiger partial charge in [-0.1, -0.05) is 11.8 Å². The van der Waals surface area contributed by atoms with Gasteiger partial charge in [-0.3, -0.25) is 4.72 Å². The smallest absolute Gasteiger partial charge is 0.255 e. The largest absolute Gasteiger partial charge is 0.496 e. The Labute approximate surface area is 195 Å². The van der Waals surface area contributed by atoms with E-state index in [9.17, 15) is 8.42 Å². The van der Waals surface area contributed by atoms with Crippen LogP contribution in [0.3, 0.4) is 0 Å². The van der Waals surface area contributed by atoms with Crippen LogP contribution in [-0.4, -0.2) is 49.9 Å². The van der Waals surface area contributed by atoms with Crippen LogP contribution < -0.4 is 28.6 Å². The lowest BCUT2D eigenvalue weighted by molar-refractivity contribution is 0.374. The van der Waals surface area contributed by atoms with Gasteiger partial charge < -0.3 is 23.8 Å². The number of rotatable bonds is 11. The molecule has 2 aromatic carbocycles. The summed E-state index contributed by atoms with van der Waals surface area (Å²) in [6, 6.07) is 8.07. The van der Waals surface area contributed by atoms with Crippen molar-refractivity contribution in [2.24, 2.45) is 0 Å². The van der Waals surface area contributed by atoms with Crippen molar-refractivity contribution in [3.63, 3.8) is 0 Å². The molecule has 0 heterocycles. The molecular formula is C24H26N2O6S. The third-order valence-electron chi connectivity index (χ3n) is 4.51. The van der Waals surface area contributed by atoms with Gasteiger partial charge in [0.05, 0.1) is 63.9 Å². The summed E-state index contributed by atoms with van der Waals surface area (Å²) in [5, 5.41) is 1.02. The zero-order chi connectivity index (χ0) is 24.4. The average molecular weight is 471 g/mol. The van der Waals surface area contributed by atoms with Crippen molar-refractivity contribution in [2.45, 2.75) is 0 Å². The lowest BCUT2D eigenvalue weighted by Gasteiger charge is -2.23. The van der Waals surface area contributed by atoms with Gasteiger partial charge in [0.1, 0.15) is 23.0 Å². The second-order valence-corrected chi connectivity index (χ2v) is 8.11. The van der Waals surface area contributed by atoms with Crippen molar-refractivity contribution in [1.29, 1.82) is 0 Å². The molecule has 174 valence electrons. The molecule has 0 radical (unpaired) electrons. The van der Waals surface area contributed by atoms with E-state index < -0.39 is 10.0 Å². The maximum absolute atomic E-state index is 12.8. The Kier molecular flexibility index (Phi) is 8.90. The number of hydrogen-bond acceptors (Lipinski definition) is 7. The molecule has 0 aliphatic heterocycles. The number of ether oxygens (including phenoxy) is 4. The standard InChI is InChI=1S/C24H26N2O6S/c1-7-12-26(13-8-2)21-15-18(9-10-22(21)30-4)25-33(27,28)14-11-20-23(31-5)16-19(29-3)17-24(20)32-6/h1-2,9-11,14-17,25H,12-13H2,3-6H3. The molecule has 1 N–H and O–H groups in total. The number of nitrogens with one attached hydrogen (secondary N) is 1. The Hall–Kier alpha value is -3.95. The average Bonchev–Trinajstić information content (AvgIpc) is 2.81. The highest BCUT2D eigenvalue weighted by Gasteiger charge is 2.15. The third kappa shape index (κ3) is 6.52. The highest BCUT2D eigenvalue weighted by atomic mass is 32.2. The Morgan fingerprint density at radius 2 is 1.48 bits per heavy atom. The molecule has 0 amide bonds. The number of hydrogen-bond donors (Lipinski definition) is 1. The monoisotopic (exact) mass is 470 g/mol. The van der Waals surface area contributed by atoms with Crippen molar-refractivity contribution in [3.8, 4) is 47.7 Å². The summed E-state index contributed by atoms with van der Waals surface area (Å²) >= 11 is 0. The van der Waals surface area contributed by atoms with Gasteiger partial charge in [0.2, 0.25) is 0 Å². The van der Waals surface area contributed by atoms with Crippen LogP contribution in [0, 0.1) is 24.7 Å². The fraction of sp³-hybridized carbons (Fsp3) is 0.250. The van der Waals surface area contributed by atoms with Crippen molar-refractivity contribution in [1.82, 2.24) is 0 Å². The van der Waals surface area contributed by atoms with E-state index in [1.807, 2.05) is 0 Å². The second kappa shape index (κ2) is 11.6. The van der Waals surface area contributed by atoms with Gasteiger partial charge in [0.15, 0.2) is 0 Å². The molecule has 0 bridgehead atoms. The van der Waals surface area contributed by atoms with E-state index in [1.54, 1.807) is 35.2 Å². The first kappa shape index (κ1) is 25.3. The van der Waals surface area contributed by atoms with Crippen molar-refractivity contribution < 1.29 is 27.4 Å². The molecular weight excluding hydrogens is 444 g/mol. The molecule has 0 saturated heterocycles. The van der Waals surface area contributed by atoms with Crippen LogP contribution in [0.2, 0.25) is 0 Å². The lowest BCUT2D eigenvalue weighted by Crippen LogP contribution is -2.24. The van der Waals surface area contributed by atoms with Gasteiger partial charge in [0, 0.05) is 12.1 Å². The number of nitrogens with zero attached hydrogens (tertiary/aromatic N) is 1. The summed E-state index contributed by atoms with van der Waals surface area (Å²) in [5.74, 6) is 6.86. The van der Waals surface area contributed by atoms with Gasteiger partial charge in [-0.05, 0) is 24.3 Å². The molecule has 0 aliphatic carbocycles. The molecule has 9 heteroatoms. The maximum atomic E-state index is 12.8. The molecule has 2 rings (SSSR count). The van der Waals surface area contributed by atoms with Crippen LogP contribution in [0.4, 0.5) is 11.4 Å². The minimum absolute atomic E-state index is 0.230. The normalized spacial score (nSPS) is 10.7. The van der Waals surface area contributed by atoms with E-state index >= 15 is 0 Å². The van der Waals surface area contributed by atoms with Gasteiger partial charge in [-0.15, -0.1) is 12.8 Å². The maximum Gasteiger partial charge on any atom is 0.255 e. The molecule has 0 unspecified atom stereocenters. The first-order chi connectivity index (χ1) is 15.8. The fourth-order valence-electron chi connectivity index (χ4n) is 3.00. The lowest BCUT2D eigenvalue weighted by atomic mass is 10.1. The predicted molar refractivity (Wildman–Crippen MR) is 131 cm³/mol. The quantitative estimate of drug-likeness (QED) is 0.505. The topological polar surface area (TPSA) is 86.3 Å². The number of anilines is 2. The van der Waals surface area contributed by atoms with Crippen LogP contribution in [-0.2, 0) is 10.0 Å². The number of benzene rings is 2. The van der Waals surface area contributed by atoms with E-state index in [0.29, 0.717) is 39.9 Å².